The molecule has 3 aliphatic heterocycles. The van der Waals surface area contributed by atoms with Crippen molar-refractivity contribution in [3.05, 3.63) is 47.3 Å². The molecule has 0 unspecified atom stereocenters. The molecule has 6 amide bonds. The number of hydrogen-bond donors (Lipinski definition) is 3. The number of fused-ring (bicyclic) bond motifs is 3. The van der Waals surface area contributed by atoms with E-state index in [9.17, 15) is 36.8 Å². The van der Waals surface area contributed by atoms with Gasteiger partial charge in [-0.1, -0.05) is 37.1 Å². The van der Waals surface area contributed by atoms with Gasteiger partial charge in [0, 0.05) is 37.0 Å². The molecule has 1 saturated heterocycles. The minimum Gasteiger partial charge on any atom is -0.444 e. The fraction of sp³-hybridized carbons (Fsp3) is 0.639. The molecule has 1 aromatic carbocycles. The van der Waals surface area contributed by atoms with Crippen molar-refractivity contribution < 1.29 is 41.5 Å². The fourth-order valence-corrected chi connectivity index (χ4v) is 8.49. The smallest absolute Gasteiger partial charge is 0.410 e. The predicted molar refractivity (Wildman–Crippen MR) is 187 cm³/mol. The second-order valence-corrected chi connectivity index (χ2v) is 17.7. The van der Waals surface area contributed by atoms with Crippen molar-refractivity contribution in [3.8, 4) is 0 Å². The average molecular weight is 745 g/mol. The summed E-state index contributed by atoms with van der Waals surface area (Å²) in [4.78, 5) is 73.1. The predicted octanol–water partition coefficient (Wildman–Crippen LogP) is 3.06. The zero-order chi connectivity index (χ0) is 37.6. The standard InChI is InChI=1S/C36H49FN6O8S/c1-35(2,3)41(4)33(47)38-28-14-9-7-5-6-8-12-23-18-36(23,32(46)40-52(49,50)25-15-16-25)39-30(44)29-17-24(20-43(29)31(28)45)51-34(48)42-19-22-11-10-13-27(37)26(22)21-42/h8,10-13,23-25,28-29H,5-7,9,14-21H2,1-4H3,(H,38,47)(H,39,44)(H,40,46)/b12-8-/t23-,24-,28+,29+,36-/m1/s1. The molecule has 0 spiro atoms. The minimum atomic E-state index is -3.92. The summed E-state index contributed by atoms with van der Waals surface area (Å²) in [5.74, 6) is -2.97. The second kappa shape index (κ2) is 14.3. The first-order chi connectivity index (χ1) is 24.5. The van der Waals surface area contributed by atoms with Crippen LogP contribution in [0.4, 0.5) is 14.0 Å². The maximum absolute atomic E-state index is 14.4. The number of hydrogen-bond acceptors (Lipinski definition) is 8. The molecule has 0 aromatic heterocycles. The van der Waals surface area contributed by atoms with Crippen molar-refractivity contribution in [1.29, 1.82) is 0 Å². The van der Waals surface area contributed by atoms with Crippen molar-refractivity contribution in [3.63, 3.8) is 0 Å². The van der Waals surface area contributed by atoms with Crippen LogP contribution in [0.3, 0.4) is 0 Å². The molecule has 6 rings (SSSR count). The first kappa shape index (κ1) is 37.5. The van der Waals surface area contributed by atoms with Gasteiger partial charge in [-0.3, -0.25) is 24.0 Å². The van der Waals surface area contributed by atoms with Crippen LogP contribution in [-0.2, 0) is 42.2 Å². The van der Waals surface area contributed by atoms with Crippen LogP contribution >= 0.6 is 0 Å². The third-order valence-corrected chi connectivity index (χ3v) is 12.7. The molecular formula is C36H49FN6O8S. The number of nitrogens with one attached hydrogen (secondary N) is 3. The molecule has 5 aliphatic rings. The molecule has 2 saturated carbocycles. The highest BCUT2D eigenvalue weighted by Crippen LogP contribution is 2.46. The van der Waals surface area contributed by atoms with Gasteiger partial charge in [0.15, 0.2) is 0 Å². The number of amides is 6. The highest BCUT2D eigenvalue weighted by molar-refractivity contribution is 7.91. The van der Waals surface area contributed by atoms with Crippen molar-refractivity contribution in [1.82, 2.24) is 30.1 Å². The summed E-state index contributed by atoms with van der Waals surface area (Å²) < 4.78 is 48.0. The Morgan fingerprint density at radius 1 is 1.08 bits per heavy atom. The highest BCUT2D eigenvalue weighted by atomic mass is 32.2. The van der Waals surface area contributed by atoms with E-state index in [0.29, 0.717) is 43.2 Å². The molecule has 0 radical (unpaired) electrons. The first-order valence-electron chi connectivity index (χ1n) is 18.1. The van der Waals surface area contributed by atoms with Crippen LogP contribution in [0.15, 0.2) is 30.4 Å². The summed E-state index contributed by atoms with van der Waals surface area (Å²) in [7, 11) is -2.29. The second-order valence-electron chi connectivity index (χ2n) is 15.7. The lowest BCUT2D eigenvalue weighted by Crippen LogP contribution is -2.59. The van der Waals surface area contributed by atoms with Crippen molar-refractivity contribution in [2.45, 2.75) is 126 Å². The van der Waals surface area contributed by atoms with E-state index in [2.05, 4.69) is 15.4 Å². The third-order valence-electron chi connectivity index (χ3n) is 10.9. The average Bonchev–Trinajstić information content (AvgIpc) is 3.96. The van der Waals surface area contributed by atoms with Gasteiger partial charge < -0.3 is 25.2 Å². The van der Waals surface area contributed by atoms with Gasteiger partial charge in [0.1, 0.15) is 29.5 Å². The SMILES string of the molecule is CN(C(=O)N[C@H]1CCCCC/C=C\[C@@H]2C[C@@]2(C(=O)NS(=O)(=O)C2CC2)NC(=O)[C@@H]2C[C@@H](OC(=O)N3Cc4cccc(F)c4C3)CN2C1=O)C(C)(C)C. The topological polar surface area (TPSA) is 175 Å². The molecule has 14 nitrogen and oxygen atoms in total. The van der Waals surface area contributed by atoms with E-state index >= 15 is 0 Å². The van der Waals surface area contributed by atoms with Crippen LogP contribution in [0.5, 0.6) is 0 Å². The van der Waals surface area contributed by atoms with Gasteiger partial charge in [0.25, 0.3) is 5.91 Å². The quantitative estimate of drug-likeness (QED) is 0.386. The number of ether oxygens (including phenoxy) is 1. The summed E-state index contributed by atoms with van der Waals surface area (Å²) in [6.07, 6.45) is 6.13. The lowest BCUT2D eigenvalue weighted by Gasteiger charge is -2.35. The maximum atomic E-state index is 14.4. The van der Waals surface area contributed by atoms with Crippen molar-refractivity contribution in [2.75, 3.05) is 13.6 Å². The van der Waals surface area contributed by atoms with Crippen LogP contribution in [0.1, 0.15) is 89.7 Å². The van der Waals surface area contributed by atoms with Gasteiger partial charge in [-0.25, -0.2) is 22.4 Å². The van der Waals surface area contributed by atoms with E-state index in [1.54, 1.807) is 19.2 Å². The molecule has 1 aromatic rings. The van der Waals surface area contributed by atoms with E-state index in [0.717, 1.165) is 12.8 Å². The van der Waals surface area contributed by atoms with E-state index in [4.69, 9.17) is 4.74 Å². The van der Waals surface area contributed by atoms with Gasteiger partial charge >= 0.3 is 12.1 Å². The van der Waals surface area contributed by atoms with Crippen LogP contribution in [0.2, 0.25) is 0 Å². The molecule has 16 heteroatoms. The summed E-state index contributed by atoms with van der Waals surface area (Å²) in [6, 6.07) is 1.94. The first-order valence-corrected chi connectivity index (χ1v) is 19.7. The molecule has 3 N–H and O–H groups in total. The van der Waals surface area contributed by atoms with Crippen LogP contribution < -0.4 is 15.4 Å². The van der Waals surface area contributed by atoms with Gasteiger partial charge in [-0.05, 0) is 70.9 Å². The molecule has 3 heterocycles. The normalized spacial score (nSPS) is 28.6. The zero-order valence-corrected chi connectivity index (χ0v) is 31.0. The van der Waals surface area contributed by atoms with Gasteiger partial charge in [0.2, 0.25) is 21.8 Å². The molecule has 5 atom stereocenters. The number of nitrogens with zero attached hydrogens (tertiary/aromatic N) is 3. The van der Waals surface area contributed by atoms with Crippen LogP contribution in [-0.4, -0.2) is 101 Å². The lowest BCUT2D eigenvalue weighted by atomic mass is 10.0. The Morgan fingerprint density at radius 2 is 1.83 bits per heavy atom. The van der Waals surface area contributed by atoms with E-state index in [-0.39, 0.29) is 32.5 Å². The Balaban J connectivity index is 1.26. The molecule has 284 valence electrons. The number of benzene rings is 1. The Bertz CT molecular complexity index is 1760. The van der Waals surface area contributed by atoms with Gasteiger partial charge in [0.05, 0.1) is 18.3 Å². The number of sulfonamides is 1. The highest BCUT2D eigenvalue weighted by Gasteiger charge is 2.62. The van der Waals surface area contributed by atoms with Crippen molar-refractivity contribution >= 4 is 39.9 Å². The maximum Gasteiger partial charge on any atom is 0.410 e. The molecular weight excluding hydrogens is 695 g/mol. The Hall–Kier alpha value is -4.21. The van der Waals surface area contributed by atoms with E-state index in [1.165, 1.54) is 20.8 Å². The fourth-order valence-electron chi connectivity index (χ4n) is 7.12. The minimum absolute atomic E-state index is 0.00578. The van der Waals surface area contributed by atoms with E-state index < -0.39 is 86.1 Å². The summed E-state index contributed by atoms with van der Waals surface area (Å²) >= 11 is 0. The number of carbonyl (C=O) groups is 5. The lowest BCUT2D eigenvalue weighted by molar-refractivity contribution is -0.141. The third kappa shape index (κ3) is 7.91. The number of halogens is 1. The molecule has 2 aliphatic carbocycles. The number of urea groups is 1. The number of allylic oxidation sites excluding steroid dienone is 1. The summed E-state index contributed by atoms with van der Waals surface area (Å²) in [5, 5.41) is 5.01. The van der Waals surface area contributed by atoms with Gasteiger partial charge in [-0.15, -0.1) is 0 Å². The Morgan fingerprint density at radius 3 is 2.52 bits per heavy atom. The molecule has 0 bridgehead atoms. The number of rotatable bonds is 5. The molecule has 3 fully saturated rings. The largest absolute Gasteiger partial charge is 0.444 e. The zero-order valence-electron chi connectivity index (χ0n) is 30.2. The van der Waals surface area contributed by atoms with Gasteiger partial charge in [-0.2, -0.15) is 0 Å². The summed E-state index contributed by atoms with van der Waals surface area (Å²) in [6.45, 7) is 5.55. The van der Waals surface area contributed by atoms with Crippen LogP contribution in [0.25, 0.3) is 0 Å². The Labute approximate surface area is 303 Å². The molecule has 52 heavy (non-hydrogen) atoms. The van der Waals surface area contributed by atoms with Crippen LogP contribution in [0, 0.1) is 11.7 Å². The monoisotopic (exact) mass is 744 g/mol. The number of carbonyl (C=O) groups excluding carboxylic acids is 5. The van der Waals surface area contributed by atoms with E-state index in [1.807, 2.05) is 32.9 Å². The van der Waals surface area contributed by atoms with Crippen molar-refractivity contribution in [2.24, 2.45) is 5.92 Å². The Kier molecular flexibility index (Phi) is 10.3. The summed E-state index contributed by atoms with van der Waals surface area (Å²) in [5.41, 5.74) is -1.04.